The maximum atomic E-state index is 6.40. The molecule has 100 valence electrons. The third-order valence-corrected chi connectivity index (χ3v) is 3.85. The molecule has 4 N–H and O–H groups in total. The minimum Gasteiger partial charge on any atom is -0.322 e. The van der Waals surface area contributed by atoms with E-state index in [0.29, 0.717) is 10.0 Å². The summed E-state index contributed by atoms with van der Waals surface area (Å²) in [5.41, 5.74) is 13.9. The second kappa shape index (κ2) is 5.51. The molecule has 2 aromatic carbocycles. The Morgan fingerprint density at radius 2 is 1.32 bits per heavy atom. The molecule has 2 aromatic rings. The highest BCUT2D eigenvalue weighted by Crippen LogP contribution is 2.31. The van der Waals surface area contributed by atoms with Crippen molar-refractivity contribution >= 4 is 23.2 Å². The van der Waals surface area contributed by atoms with Crippen molar-refractivity contribution in [1.82, 2.24) is 0 Å². The molecule has 4 heteroatoms. The van der Waals surface area contributed by atoms with Crippen molar-refractivity contribution in [3.8, 4) is 0 Å². The van der Waals surface area contributed by atoms with E-state index in [1.54, 1.807) is 0 Å². The predicted molar refractivity (Wildman–Crippen MR) is 81.4 cm³/mol. The van der Waals surface area contributed by atoms with Crippen LogP contribution < -0.4 is 11.5 Å². The van der Waals surface area contributed by atoms with E-state index < -0.39 is 5.54 Å². The van der Waals surface area contributed by atoms with Crippen LogP contribution in [0.4, 0.5) is 0 Å². The van der Waals surface area contributed by atoms with Gasteiger partial charge in [-0.3, -0.25) is 0 Å². The molecule has 2 nitrogen and oxygen atoms in total. The van der Waals surface area contributed by atoms with Crippen molar-refractivity contribution in [2.24, 2.45) is 11.5 Å². The van der Waals surface area contributed by atoms with E-state index in [4.69, 9.17) is 34.7 Å². The van der Waals surface area contributed by atoms with Crippen LogP contribution in [-0.2, 0) is 5.54 Å². The lowest BCUT2D eigenvalue weighted by atomic mass is 9.82. The van der Waals surface area contributed by atoms with Crippen molar-refractivity contribution in [1.29, 1.82) is 0 Å². The molecule has 0 fully saturated rings. The van der Waals surface area contributed by atoms with Crippen molar-refractivity contribution in [3.63, 3.8) is 0 Å². The third-order valence-electron chi connectivity index (χ3n) is 3.34. The van der Waals surface area contributed by atoms with Crippen LogP contribution in [0.1, 0.15) is 24.1 Å². The Labute approximate surface area is 123 Å². The van der Waals surface area contributed by atoms with Gasteiger partial charge in [-0.05, 0) is 42.3 Å². The van der Waals surface area contributed by atoms with Crippen molar-refractivity contribution in [2.45, 2.75) is 18.5 Å². The Kier molecular flexibility index (Phi) is 4.16. The summed E-state index contributed by atoms with van der Waals surface area (Å²) in [7, 11) is 0. The van der Waals surface area contributed by atoms with Gasteiger partial charge >= 0.3 is 0 Å². The molecule has 0 amide bonds. The zero-order chi connectivity index (χ0) is 14.0. The first-order valence-electron chi connectivity index (χ1n) is 5.97. The van der Waals surface area contributed by atoms with E-state index in [-0.39, 0.29) is 6.04 Å². The summed E-state index contributed by atoms with van der Waals surface area (Å²) < 4.78 is 0. The fourth-order valence-electron chi connectivity index (χ4n) is 2.00. The summed E-state index contributed by atoms with van der Waals surface area (Å²) >= 11 is 11.8. The van der Waals surface area contributed by atoms with E-state index >= 15 is 0 Å². The van der Waals surface area contributed by atoms with Crippen LogP contribution in [0.15, 0.2) is 48.5 Å². The number of benzene rings is 2. The van der Waals surface area contributed by atoms with Gasteiger partial charge in [-0.2, -0.15) is 0 Å². The summed E-state index contributed by atoms with van der Waals surface area (Å²) in [5, 5.41) is 1.36. The van der Waals surface area contributed by atoms with Crippen molar-refractivity contribution in [2.75, 3.05) is 0 Å². The number of nitrogens with two attached hydrogens (primary N) is 2. The highest BCUT2D eigenvalue weighted by Gasteiger charge is 2.30. The lowest BCUT2D eigenvalue weighted by molar-refractivity contribution is 0.397. The fraction of sp³-hybridized carbons (Fsp3) is 0.200. The molecule has 0 saturated carbocycles. The molecule has 2 atom stereocenters. The van der Waals surface area contributed by atoms with E-state index in [1.807, 2.05) is 55.5 Å². The lowest BCUT2D eigenvalue weighted by Crippen LogP contribution is -2.44. The molecule has 0 aliphatic rings. The first kappa shape index (κ1) is 14.4. The number of rotatable bonds is 3. The molecule has 0 aromatic heterocycles. The number of hydrogen-bond donors (Lipinski definition) is 2. The van der Waals surface area contributed by atoms with Gasteiger partial charge in [-0.15, -0.1) is 0 Å². The van der Waals surface area contributed by atoms with Crippen LogP contribution in [-0.4, -0.2) is 0 Å². The van der Waals surface area contributed by atoms with Crippen molar-refractivity contribution in [3.05, 3.63) is 69.7 Å². The Balaban J connectivity index is 2.32. The zero-order valence-electron chi connectivity index (χ0n) is 10.6. The quantitative estimate of drug-likeness (QED) is 0.903. The van der Waals surface area contributed by atoms with Crippen LogP contribution in [0.25, 0.3) is 0 Å². The van der Waals surface area contributed by atoms with Crippen LogP contribution in [0, 0.1) is 0 Å². The van der Waals surface area contributed by atoms with Gasteiger partial charge in [-0.25, -0.2) is 0 Å². The normalized spacial score (nSPS) is 15.8. The molecule has 0 spiro atoms. The van der Waals surface area contributed by atoms with Gasteiger partial charge in [-0.1, -0.05) is 47.5 Å². The second-order valence-electron chi connectivity index (χ2n) is 4.82. The Morgan fingerprint density at radius 1 is 0.895 bits per heavy atom. The summed E-state index contributed by atoms with van der Waals surface area (Å²) in [6.07, 6.45) is 0. The lowest BCUT2D eigenvalue weighted by Gasteiger charge is -2.32. The molecule has 0 aliphatic carbocycles. The summed E-state index contributed by atoms with van der Waals surface area (Å²) in [6.45, 7) is 1.91. The number of hydrogen-bond acceptors (Lipinski definition) is 2. The first-order valence-corrected chi connectivity index (χ1v) is 6.73. The van der Waals surface area contributed by atoms with Crippen molar-refractivity contribution < 1.29 is 0 Å². The van der Waals surface area contributed by atoms with Gasteiger partial charge in [0.25, 0.3) is 0 Å². The van der Waals surface area contributed by atoms with Crippen LogP contribution in [0.3, 0.4) is 0 Å². The molecule has 0 bridgehead atoms. The monoisotopic (exact) mass is 294 g/mol. The van der Waals surface area contributed by atoms with Crippen LogP contribution >= 0.6 is 23.2 Å². The second-order valence-corrected chi connectivity index (χ2v) is 5.69. The largest absolute Gasteiger partial charge is 0.322 e. The van der Waals surface area contributed by atoms with Gasteiger partial charge in [0, 0.05) is 10.0 Å². The van der Waals surface area contributed by atoms with E-state index in [0.717, 1.165) is 11.1 Å². The minimum absolute atomic E-state index is 0.328. The molecule has 0 aliphatic heterocycles. The molecule has 0 unspecified atom stereocenters. The molecular formula is C15H16Cl2N2. The molecule has 0 saturated heterocycles. The Bertz CT molecular complexity index is 547. The first-order chi connectivity index (χ1) is 8.91. The summed E-state index contributed by atoms with van der Waals surface area (Å²) in [6, 6.07) is 14.5. The average molecular weight is 295 g/mol. The Hall–Kier alpha value is -1.06. The highest BCUT2D eigenvalue weighted by atomic mass is 35.5. The maximum Gasteiger partial charge on any atom is 0.0576 e. The molecule has 2 rings (SSSR count). The minimum atomic E-state index is -0.682. The van der Waals surface area contributed by atoms with E-state index in [1.165, 1.54) is 0 Å². The standard InChI is InChI=1S/C15H16Cl2N2/c1-15(19,11-4-8-13(17)9-5-11)14(18)10-2-6-12(16)7-3-10/h2-9,14H,18-19H2,1H3/t14-,15+/m0/s1. The fourth-order valence-corrected chi connectivity index (χ4v) is 2.26. The third kappa shape index (κ3) is 3.10. The SMILES string of the molecule is C[C@@](N)(c1ccc(Cl)cc1)[C@@H](N)c1ccc(Cl)cc1. The van der Waals surface area contributed by atoms with Gasteiger partial charge in [0.15, 0.2) is 0 Å². The number of halogens is 2. The van der Waals surface area contributed by atoms with Crippen LogP contribution in [0.2, 0.25) is 10.0 Å². The molecule has 0 heterocycles. The topological polar surface area (TPSA) is 52.0 Å². The summed E-state index contributed by atoms with van der Waals surface area (Å²) in [5.74, 6) is 0. The van der Waals surface area contributed by atoms with Gasteiger partial charge in [0.1, 0.15) is 0 Å². The highest BCUT2D eigenvalue weighted by molar-refractivity contribution is 6.30. The van der Waals surface area contributed by atoms with Crippen LogP contribution in [0.5, 0.6) is 0 Å². The average Bonchev–Trinajstić information content (AvgIpc) is 2.39. The predicted octanol–water partition coefficient (Wildman–Crippen LogP) is 3.87. The van der Waals surface area contributed by atoms with Gasteiger partial charge in [0.05, 0.1) is 11.6 Å². The van der Waals surface area contributed by atoms with Gasteiger partial charge in [0.2, 0.25) is 0 Å². The zero-order valence-corrected chi connectivity index (χ0v) is 12.1. The maximum absolute atomic E-state index is 6.40. The molecule has 0 radical (unpaired) electrons. The molecule has 19 heavy (non-hydrogen) atoms. The van der Waals surface area contributed by atoms with E-state index in [2.05, 4.69) is 0 Å². The summed E-state index contributed by atoms with van der Waals surface area (Å²) in [4.78, 5) is 0. The van der Waals surface area contributed by atoms with E-state index in [9.17, 15) is 0 Å². The van der Waals surface area contributed by atoms with Gasteiger partial charge < -0.3 is 11.5 Å². The molecular weight excluding hydrogens is 279 g/mol. The smallest absolute Gasteiger partial charge is 0.0576 e. The Morgan fingerprint density at radius 3 is 1.79 bits per heavy atom.